The molecule has 8 heteroatoms. The molecular formula is C28H38N2O6. The van der Waals surface area contributed by atoms with E-state index < -0.39 is 29.6 Å². The summed E-state index contributed by atoms with van der Waals surface area (Å²) < 4.78 is 0. The summed E-state index contributed by atoms with van der Waals surface area (Å²) in [6.45, 7) is 4.25. The van der Waals surface area contributed by atoms with Gasteiger partial charge in [0.15, 0.2) is 6.61 Å². The number of aliphatic hydroxyl groups excluding tert-OH is 1. The van der Waals surface area contributed by atoms with Crippen molar-refractivity contribution in [3.63, 3.8) is 0 Å². The van der Waals surface area contributed by atoms with Crippen molar-refractivity contribution in [2.45, 2.75) is 89.4 Å². The molecule has 196 valence electrons. The molecule has 1 saturated heterocycles. The van der Waals surface area contributed by atoms with Gasteiger partial charge in [-0.2, -0.15) is 0 Å². The van der Waals surface area contributed by atoms with Crippen LogP contribution in [0.4, 0.5) is 0 Å². The Kier molecular flexibility index (Phi) is 6.24. The third-order valence-corrected chi connectivity index (χ3v) is 10.6. The summed E-state index contributed by atoms with van der Waals surface area (Å²) in [5.41, 5.74) is 1.11. The van der Waals surface area contributed by atoms with Gasteiger partial charge in [0.1, 0.15) is 11.6 Å². The third kappa shape index (κ3) is 3.78. The second-order valence-electron chi connectivity index (χ2n) is 12.1. The number of carboxylic acid groups (broad SMARTS) is 1. The lowest BCUT2D eigenvalue weighted by molar-refractivity contribution is -0.150. The molecule has 5 aliphatic rings. The molecule has 0 spiro atoms. The fourth-order valence-corrected chi connectivity index (χ4v) is 8.47. The summed E-state index contributed by atoms with van der Waals surface area (Å²) in [4.78, 5) is 30.4. The molecule has 0 aromatic rings. The van der Waals surface area contributed by atoms with Crippen molar-refractivity contribution < 1.29 is 29.7 Å². The van der Waals surface area contributed by atoms with Crippen molar-refractivity contribution >= 4 is 17.6 Å². The maximum absolute atomic E-state index is 12.5. The number of hydrogen-bond acceptors (Lipinski definition) is 6. The van der Waals surface area contributed by atoms with Gasteiger partial charge >= 0.3 is 5.97 Å². The van der Waals surface area contributed by atoms with Crippen molar-refractivity contribution in [3.05, 3.63) is 11.6 Å². The van der Waals surface area contributed by atoms with E-state index in [9.17, 15) is 24.9 Å². The number of likely N-dealkylation sites (tertiary alicyclic amines) is 1. The molecule has 4 fully saturated rings. The van der Waals surface area contributed by atoms with Gasteiger partial charge in [0, 0.05) is 18.4 Å². The first-order chi connectivity index (χ1) is 17.0. The number of fused-ring (bicyclic) bond motifs is 5. The zero-order valence-electron chi connectivity index (χ0n) is 21.3. The van der Waals surface area contributed by atoms with Gasteiger partial charge < -0.3 is 25.1 Å². The highest BCUT2D eigenvalue weighted by molar-refractivity contribution is 5.96. The van der Waals surface area contributed by atoms with Crippen LogP contribution < -0.4 is 0 Å². The second kappa shape index (κ2) is 8.88. The van der Waals surface area contributed by atoms with Crippen LogP contribution in [0.5, 0.6) is 0 Å². The number of oxime groups is 1. The molecule has 3 saturated carbocycles. The van der Waals surface area contributed by atoms with Crippen LogP contribution in [0.2, 0.25) is 0 Å². The minimum absolute atomic E-state index is 0.000520. The zero-order chi connectivity index (χ0) is 25.9. The summed E-state index contributed by atoms with van der Waals surface area (Å²) >= 11 is 0. The Bertz CT molecular complexity index is 1050. The van der Waals surface area contributed by atoms with Gasteiger partial charge in [-0.25, -0.2) is 4.79 Å². The highest BCUT2D eigenvalue weighted by atomic mass is 16.6. The average molecular weight is 499 g/mol. The van der Waals surface area contributed by atoms with Gasteiger partial charge in [-0.15, -0.1) is 6.42 Å². The normalized spacial score (nSPS) is 44.8. The molecule has 0 aromatic heterocycles. The van der Waals surface area contributed by atoms with Crippen LogP contribution in [0.1, 0.15) is 71.6 Å². The Labute approximate surface area is 212 Å². The summed E-state index contributed by atoms with van der Waals surface area (Å²) in [6, 6.07) is -1.02. The molecule has 4 aliphatic carbocycles. The van der Waals surface area contributed by atoms with E-state index in [4.69, 9.17) is 11.3 Å². The topological polar surface area (TPSA) is 120 Å². The second-order valence-corrected chi connectivity index (χ2v) is 12.1. The minimum atomic E-state index is -1.12. The van der Waals surface area contributed by atoms with Crippen LogP contribution in [0.25, 0.3) is 0 Å². The van der Waals surface area contributed by atoms with E-state index in [2.05, 4.69) is 31.0 Å². The van der Waals surface area contributed by atoms with Crippen LogP contribution in [0.15, 0.2) is 16.8 Å². The third-order valence-electron chi connectivity index (χ3n) is 10.6. The SMILES string of the molecule is C#C[C@@]1(O)CC[C@H]2[C@@H]3CCC4=C/C(=N/OCC(=O)N5C[C@H](O)C[C@@H]5C(=O)O)CC[C@]4(C)[C@H]3CC[C@@]21C. The van der Waals surface area contributed by atoms with Gasteiger partial charge in [0.2, 0.25) is 0 Å². The first-order valence-electron chi connectivity index (χ1n) is 13.3. The molecule has 0 aromatic carbocycles. The van der Waals surface area contributed by atoms with E-state index in [0.717, 1.165) is 55.6 Å². The largest absolute Gasteiger partial charge is 0.480 e. The average Bonchev–Trinajstić information content (AvgIpc) is 3.37. The molecule has 5 rings (SSSR count). The number of aliphatic hydroxyl groups is 2. The maximum Gasteiger partial charge on any atom is 0.326 e. The van der Waals surface area contributed by atoms with Gasteiger partial charge in [-0.3, -0.25) is 4.79 Å². The zero-order valence-corrected chi connectivity index (χ0v) is 21.3. The minimum Gasteiger partial charge on any atom is -0.480 e. The lowest BCUT2D eigenvalue weighted by Gasteiger charge is -2.58. The van der Waals surface area contributed by atoms with Crippen molar-refractivity contribution in [3.8, 4) is 12.3 Å². The molecule has 0 unspecified atom stereocenters. The van der Waals surface area contributed by atoms with Crippen LogP contribution in [0, 0.1) is 40.9 Å². The van der Waals surface area contributed by atoms with Crippen LogP contribution >= 0.6 is 0 Å². The molecular weight excluding hydrogens is 460 g/mol. The number of rotatable bonds is 4. The first-order valence-corrected chi connectivity index (χ1v) is 13.3. The summed E-state index contributed by atoms with van der Waals surface area (Å²) in [7, 11) is 0. The van der Waals surface area contributed by atoms with E-state index in [1.807, 2.05) is 0 Å². The van der Waals surface area contributed by atoms with Gasteiger partial charge in [0.25, 0.3) is 5.91 Å². The number of hydrogen-bond donors (Lipinski definition) is 3. The number of carbonyl (C=O) groups is 2. The Morgan fingerprint density at radius 2 is 1.94 bits per heavy atom. The monoisotopic (exact) mass is 498 g/mol. The van der Waals surface area contributed by atoms with Crippen LogP contribution in [-0.2, 0) is 14.4 Å². The molecule has 1 aliphatic heterocycles. The van der Waals surface area contributed by atoms with E-state index in [1.165, 1.54) is 5.57 Å². The van der Waals surface area contributed by atoms with E-state index >= 15 is 0 Å². The summed E-state index contributed by atoms with van der Waals surface area (Å²) in [5.74, 6) is 2.73. The van der Waals surface area contributed by atoms with Crippen molar-refractivity contribution in [2.75, 3.05) is 13.2 Å². The van der Waals surface area contributed by atoms with Crippen LogP contribution in [0.3, 0.4) is 0 Å². The number of carboxylic acids is 1. The number of nitrogens with zero attached hydrogens (tertiary/aromatic N) is 2. The maximum atomic E-state index is 12.5. The number of allylic oxidation sites excluding steroid dienone is 2. The highest BCUT2D eigenvalue weighted by Crippen LogP contribution is 2.67. The smallest absolute Gasteiger partial charge is 0.326 e. The molecule has 3 N–H and O–H groups in total. The molecule has 0 bridgehead atoms. The molecule has 0 radical (unpaired) electrons. The Balaban J connectivity index is 1.25. The Hall–Kier alpha value is -2.37. The Morgan fingerprint density at radius 3 is 2.67 bits per heavy atom. The van der Waals surface area contributed by atoms with Crippen molar-refractivity contribution in [1.29, 1.82) is 0 Å². The number of β-amino-alcohol motifs (C(OH)–C–C–N with tert-alkyl or cyclic N) is 1. The first kappa shape index (κ1) is 25.3. The van der Waals surface area contributed by atoms with Crippen molar-refractivity contribution in [1.82, 2.24) is 4.90 Å². The number of aliphatic carboxylic acids is 1. The molecule has 1 amide bonds. The van der Waals surface area contributed by atoms with E-state index in [0.29, 0.717) is 24.2 Å². The Morgan fingerprint density at radius 1 is 1.19 bits per heavy atom. The highest BCUT2D eigenvalue weighted by Gasteiger charge is 2.63. The van der Waals surface area contributed by atoms with Gasteiger partial charge in [-0.05, 0) is 80.6 Å². The van der Waals surface area contributed by atoms with Gasteiger partial charge in [-0.1, -0.05) is 30.5 Å². The number of carbonyl (C=O) groups excluding carboxylic acids is 1. The lowest BCUT2D eigenvalue weighted by Crippen LogP contribution is -2.54. The predicted octanol–water partition coefficient (Wildman–Crippen LogP) is 2.73. The fraction of sp³-hybridized carbons (Fsp3) is 0.750. The standard InChI is InChI=1S/C28H38N2O6/c1-4-28(35)12-9-22-20-6-5-17-13-18(7-10-26(17,2)21(20)8-11-27(22,28)3)29-36-16-24(32)30-15-19(31)14-23(30)25(33)34/h1,13,19-23,31,35H,5-12,14-16H2,2-3H3,(H,33,34)/b29-18+/t19-,20-,21+,22+,23-,26+,27+,28-/m1/s1. The van der Waals surface area contributed by atoms with E-state index in [1.54, 1.807) is 0 Å². The van der Waals surface area contributed by atoms with E-state index in [-0.39, 0.29) is 30.4 Å². The predicted molar refractivity (Wildman–Crippen MR) is 133 cm³/mol. The fourth-order valence-electron chi connectivity index (χ4n) is 8.47. The molecule has 8 nitrogen and oxygen atoms in total. The van der Waals surface area contributed by atoms with Crippen LogP contribution in [-0.4, -0.2) is 68.7 Å². The number of terminal acetylenes is 1. The molecule has 36 heavy (non-hydrogen) atoms. The molecule has 1 heterocycles. The number of amides is 1. The molecule has 8 atom stereocenters. The van der Waals surface area contributed by atoms with Crippen molar-refractivity contribution in [2.24, 2.45) is 33.7 Å². The quantitative estimate of drug-likeness (QED) is 0.405. The summed E-state index contributed by atoms with van der Waals surface area (Å²) in [6.07, 6.45) is 14.7. The summed E-state index contributed by atoms with van der Waals surface area (Å²) in [5, 5.41) is 34.5. The lowest BCUT2D eigenvalue weighted by atomic mass is 9.46. The van der Waals surface area contributed by atoms with Gasteiger partial charge in [0.05, 0.1) is 11.8 Å².